The first-order valence-corrected chi connectivity index (χ1v) is 7.79. The van der Waals surface area contributed by atoms with Gasteiger partial charge in [0, 0.05) is 0 Å². The molecule has 1 amide bonds. The summed E-state index contributed by atoms with van der Waals surface area (Å²) in [5.74, 6) is 0.222. The number of hydrogen-bond acceptors (Lipinski definition) is 6. The van der Waals surface area contributed by atoms with Gasteiger partial charge in [0.25, 0.3) is 5.91 Å². The van der Waals surface area contributed by atoms with E-state index in [0.717, 1.165) is 11.3 Å². The Kier molecular flexibility index (Phi) is 5.46. The largest absolute Gasteiger partial charge is 0.497 e. The number of amides is 1. The van der Waals surface area contributed by atoms with E-state index in [1.807, 2.05) is 24.3 Å². The van der Waals surface area contributed by atoms with Gasteiger partial charge in [-0.25, -0.2) is 0 Å². The predicted octanol–water partition coefficient (Wildman–Crippen LogP) is 2.57. The minimum Gasteiger partial charge on any atom is -0.497 e. The van der Waals surface area contributed by atoms with Crippen LogP contribution in [-0.4, -0.2) is 36.2 Å². The number of carbonyl (C=O) groups excluding carboxylic acids is 2. The van der Waals surface area contributed by atoms with Gasteiger partial charge in [0.1, 0.15) is 10.1 Å². The number of aliphatic imine (C=N–C) groups is 1. The van der Waals surface area contributed by atoms with E-state index in [4.69, 9.17) is 4.74 Å². The van der Waals surface area contributed by atoms with Crippen LogP contribution in [0.2, 0.25) is 0 Å². The Labute approximate surface area is 130 Å². The van der Waals surface area contributed by atoms with Gasteiger partial charge in [-0.1, -0.05) is 35.7 Å². The zero-order valence-corrected chi connectivity index (χ0v) is 13.1. The van der Waals surface area contributed by atoms with Gasteiger partial charge in [-0.05, 0) is 23.8 Å². The molecule has 1 aliphatic rings. The Bertz CT molecular complexity index is 625. The van der Waals surface area contributed by atoms with Gasteiger partial charge in [-0.2, -0.15) is 4.99 Å². The lowest BCUT2D eigenvalue weighted by Crippen LogP contribution is -2.04. The monoisotopic (exact) mass is 323 g/mol. The molecule has 0 radical (unpaired) electrons. The number of ether oxygens (including phenoxy) is 2. The molecule has 5 nitrogen and oxygen atoms in total. The highest BCUT2D eigenvalue weighted by Crippen LogP contribution is 2.34. The molecule has 0 aliphatic carbocycles. The average Bonchev–Trinajstić information content (AvgIpc) is 2.85. The standard InChI is InChI=1S/C14H13NO4S2/c1-18-10-5-3-4-9(6-10)7-11-13(17)15-14(21-11)20-8-12(16)19-2/h3-7H,8H2,1-2H3. The van der Waals surface area contributed by atoms with Gasteiger partial charge < -0.3 is 9.47 Å². The lowest BCUT2D eigenvalue weighted by atomic mass is 10.2. The molecule has 0 fully saturated rings. The van der Waals surface area contributed by atoms with Crippen LogP contribution in [0.15, 0.2) is 34.2 Å². The summed E-state index contributed by atoms with van der Waals surface area (Å²) >= 11 is 2.45. The Hall–Kier alpha value is -1.73. The van der Waals surface area contributed by atoms with Crippen LogP contribution >= 0.6 is 23.5 Å². The summed E-state index contributed by atoms with van der Waals surface area (Å²) in [6, 6.07) is 7.40. The molecule has 1 heterocycles. The average molecular weight is 323 g/mol. The van der Waals surface area contributed by atoms with Crippen molar-refractivity contribution in [1.29, 1.82) is 0 Å². The summed E-state index contributed by atoms with van der Waals surface area (Å²) in [6.45, 7) is 0. The third-order valence-corrected chi connectivity index (χ3v) is 4.63. The quantitative estimate of drug-likeness (QED) is 0.627. The van der Waals surface area contributed by atoms with Gasteiger partial charge in [-0.3, -0.25) is 9.59 Å². The number of hydrogen-bond donors (Lipinski definition) is 0. The van der Waals surface area contributed by atoms with Crippen molar-refractivity contribution in [1.82, 2.24) is 0 Å². The Morgan fingerprint density at radius 3 is 2.95 bits per heavy atom. The molecule has 21 heavy (non-hydrogen) atoms. The summed E-state index contributed by atoms with van der Waals surface area (Å²) in [6.07, 6.45) is 1.75. The van der Waals surface area contributed by atoms with E-state index in [0.29, 0.717) is 9.28 Å². The van der Waals surface area contributed by atoms with E-state index in [2.05, 4.69) is 9.73 Å². The van der Waals surface area contributed by atoms with E-state index in [9.17, 15) is 9.59 Å². The fourth-order valence-electron chi connectivity index (χ4n) is 1.51. The van der Waals surface area contributed by atoms with Crippen LogP contribution < -0.4 is 4.74 Å². The van der Waals surface area contributed by atoms with Crippen LogP contribution in [0.1, 0.15) is 5.56 Å². The molecule has 0 spiro atoms. The molecule has 1 aromatic rings. The molecular formula is C14H13NO4S2. The summed E-state index contributed by atoms with van der Waals surface area (Å²) in [7, 11) is 2.91. The van der Waals surface area contributed by atoms with Crippen molar-refractivity contribution < 1.29 is 19.1 Å². The Balaban J connectivity index is 2.04. The first kappa shape index (κ1) is 15.7. The maximum Gasteiger partial charge on any atom is 0.316 e. The zero-order valence-electron chi connectivity index (χ0n) is 11.5. The number of benzene rings is 1. The van der Waals surface area contributed by atoms with Crippen LogP contribution in [-0.2, 0) is 14.3 Å². The van der Waals surface area contributed by atoms with Gasteiger partial charge in [-0.15, -0.1) is 0 Å². The van der Waals surface area contributed by atoms with Crippen LogP contribution in [0, 0.1) is 0 Å². The normalized spacial score (nSPS) is 16.0. The molecule has 0 N–H and O–H groups in total. The smallest absolute Gasteiger partial charge is 0.316 e. The van der Waals surface area contributed by atoms with Crippen molar-refractivity contribution in [3.05, 3.63) is 34.7 Å². The summed E-state index contributed by atoms with van der Waals surface area (Å²) in [4.78, 5) is 27.3. The fourth-order valence-corrected chi connectivity index (χ4v) is 3.35. The summed E-state index contributed by atoms with van der Waals surface area (Å²) < 4.78 is 10.2. The molecule has 0 unspecified atom stereocenters. The van der Waals surface area contributed by atoms with E-state index < -0.39 is 0 Å². The van der Waals surface area contributed by atoms with Crippen LogP contribution in [0.5, 0.6) is 5.75 Å². The van der Waals surface area contributed by atoms with E-state index in [1.54, 1.807) is 13.2 Å². The topological polar surface area (TPSA) is 65.0 Å². The van der Waals surface area contributed by atoms with Crippen molar-refractivity contribution >= 4 is 45.9 Å². The third kappa shape index (κ3) is 4.37. The number of methoxy groups -OCH3 is 2. The molecule has 0 atom stereocenters. The third-order valence-electron chi connectivity index (χ3n) is 2.53. The van der Waals surface area contributed by atoms with Gasteiger partial charge >= 0.3 is 5.97 Å². The van der Waals surface area contributed by atoms with E-state index >= 15 is 0 Å². The maximum atomic E-state index is 11.8. The predicted molar refractivity (Wildman–Crippen MR) is 85.5 cm³/mol. The van der Waals surface area contributed by atoms with E-state index in [1.165, 1.54) is 30.6 Å². The molecule has 1 aromatic carbocycles. The molecule has 0 saturated carbocycles. The van der Waals surface area contributed by atoms with Crippen LogP contribution in [0.3, 0.4) is 0 Å². The highest BCUT2D eigenvalue weighted by atomic mass is 32.2. The number of carbonyl (C=O) groups is 2. The van der Waals surface area contributed by atoms with Gasteiger partial charge in [0.2, 0.25) is 0 Å². The molecule has 0 aromatic heterocycles. The minimum absolute atomic E-state index is 0.141. The Morgan fingerprint density at radius 1 is 1.43 bits per heavy atom. The molecule has 0 bridgehead atoms. The van der Waals surface area contributed by atoms with Gasteiger partial charge in [0.15, 0.2) is 0 Å². The molecule has 1 aliphatic heterocycles. The number of nitrogens with zero attached hydrogens (tertiary/aromatic N) is 1. The number of esters is 1. The molecule has 0 saturated heterocycles. The molecule has 7 heteroatoms. The highest BCUT2D eigenvalue weighted by Gasteiger charge is 2.22. The van der Waals surface area contributed by atoms with Crippen molar-refractivity contribution in [2.45, 2.75) is 0 Å². The van der Waals surface area contributed by atoms with Crippen LogP contribution in [0.4, 0.5) is 0 Å². The Morgan fingerprint density at radius 2 is 2.24 bits per heavy atom. The lowest BCUT2D eigenvalue weighted by Gasteiger charge is -2.01. The lowest BCUT2D eigenvalue weighted by molar-refractivity contribution is -0.137. The van der Waals surface area contributed by atoms with Gasteiger partial charge in [0.05, 0.1) is 24.9 Å². The molecule has 2 rings (SSSR count). The van der Waals surface area contributed by atoms with E-state index in [-0.39, 0.29) is 17.6 Å². The summed E-state index contributed by atoms with van der Waals surface area (Å²) in [5, 5.41) is 0. The second-order valence-electron chi connectivity index (χ2n) is 3.93. The van der Waals surface area contributed by atoms with Crippen LogP contribution in [0.25, 0.3) is 6.08 Å². The van der Waals surface area contributed by atoms with Crippen molar-refractivity contribution in [2.24, 2.45) is 4.99 Å². The SMILES string of the molecule is COC(=O)CSC1=NC(=O)C(=Cc2cccc(OC)c2)S1. The second-order valence-corrected chi connectivity index (χ2v) is 6.19. The first-order chi connectivity index (χ1) is 10.1. The first-order valence-electron chi connectivity index (χ1n) is 5.98. The fraction of sp³-hybridized carbons (Fsp3) is 0.214. The molecular weight excluding hydrogens is 310 g/mol. The molecule has 110 valence electrons. The zero-order chi connectivity index (χ0) is 15.2. The summed E-state index contributed by atoms with van der Waals surface area (Å²) in [5.41, 5.74) is 0.861. The number of rotatable bonds is 4. The van der Waals surface area contributed by atoms with Crippen molar-refractivity contribution in [2.75, 3.05) is 20.0 Å². The minimum atomic E-state index is -0.346. The maximum absolute atomic E-state index is 11.8. The highest BCUT2D eigenvalue weighted by molar-refractivity contribution is 8.41. The second kappa shape index (κ2) is 7.33. The van der Waals surface area contributed by atoms with Crippen molar-refractivity contribution in [3.8, 4) is 5.75 Å². The number of thioether (sulfide) groups is 2. The van der Waals surface area contributed by atoms with Crippen molar-refractivity contribution in [3.63, 3.8) is 0 Å².